The van der Waals surface area contributed by atoms with Crippen molar-refractivity contribution >= 4 is 19.8 Å². The fourth-order valence-corrected chi connectivity index (χ4v) is 9.93. The zero-order valence-electron chi connectivity index (χ0n) is 45.8. The number of rotatable bonds is 58. The van der Waals surface area contributed by atoms with Gasteiger partial charge >= 0.3 is 19.8 Å². The minimum Gasteiger partial charge on any atom is -0.462 e. The van der Waals surface area contributed by atoms with Crippen molar-refractivity contribution in [1.29, 1.82) is 0 Å². The van der Waals surface area contributed by atoms with Gasteiger partial charge in [0.15, 0.2) is 6.10 Å². The minimum absolute atomic E-state index is 0.0575. The van der Waals surface area contributed by atoms with Crippen LogP contribution in [0.25, 0.3) is 0 Å². The first-order valence-electron chi connectivity index (χ1n) is 30.2. The minimum atomic E-state index is -4.38. The predicted octanol–water partition coefficient (Wildman–Crippen LogP) is 18.9. The number of hydrogen-bond acceptors (Lipinski definition) is 8. The summed E-state index contributed by atoms with van der Waals surface area (Å²) in [5, 5.41) is 0. The average molecular weight is 999 g/mol. The fraction of sp³-hybridized carbons (Fsp3) is 0.932. The molecule has 0 saturated carbocycles. The Labute approximate surface area is 428 Å². The van der Waals surface area contributed by atoms with Gasteiger partial charge < -0.3 is 20.1 Å². The van der Waals surface area contributed by atoms with Crippen molar-refractivity contribution in [3.05, 3.63) is 12.2 Å². The number of ether oxygens (including phenoxy) is 2. The number of unbranched alkanes of at least 4 members (excludes halogenated alkanes) is 43. The Kier molecular flexibility index (Phi) is 55.0. The topological polar surface area (TPSA) is 134 Å². The molecule has 0 bridgehead atoms. The van der Waals surface area contributed by atoms with Crippen molar-refractivity contribution in [1.82, 2.24) is 0 Å². The summed E-state index contributed by atoms with van der Waals surface area (Å²) in [6.45, 7) is 3.81. The lowest BCUT2D eigenvalue weighted by Crippen LogP contribution is -2.29. The van der Waals surface area contributed by atoms with Gasteiger partial charge in [-0.1, -0.05) is 283 Å². The summed E-state index contributed by atoms with van der Waals surface area (Å²) in [5.74, 6) is -0.805. The van der Waals surface area contributed by atoms with Crippen molar-refractivity contribution in [2.24, 2.45) is 5.73 Å². The number of nitrogens with two attached hydrogens (primary N) is 1. The molecule has 0 aliphatic rings. The molecule has 69 heavy (non-hydrogen) atoms. The maximum atomic E-state index is 12.7. The quantitative estimate of drug-likeness (QED) is 0.0264. The van der Waals surface area contributed by atoms with Crippen molar-refractivity contribution in [2.75, 3.05) is 26.4 Å². The number of phosphoric acid groups is 1. The normalized spacial score (nSPS) is 13.0. The van der Waals surface area contributed by atoms with E-state index < -0.39 is 26.5 Å². The second-order valence-electron chi connectivity index (χ2n) is 20.6. The fourth-order valence-electron chi connectivity index (χ4n) is 9.16. The van der Waals surface area contributed by atoms with E-state index in [2.05, 4.69) is 26.0 Å². The van der Waals surface area contributed by atoms with E-state index in [1.807, 2.05) is 0 Å². The van der Waals surface area contributed by atoms with Crippen LogP contribution in [0.5, 0.6) is 0 Å². The van der Waals surface area contributed by atoms with Crippen molar-refractivity contribution < 1.29 is 37.6 Å². The molecule has 0 amide bonds. The van der Waals surface area contributed by atoms with Crippen LogP contribution in [0.3, 0.4) is 0 Å². The highest BCUT2D eigenvalue weighted by Crippen LogP contribution is 2.43. The summed E-state index contributed by atoms with van der Waals surface area (Å²) in [6.07, 6.45) is 64.2. The summed E-state index contributed by atoms with van der Waals surface area (Å²) in [5.41, 5.74) is 5.38. The molecular formula is C59H116NO8P. The Bertz CT molecular complexity index is 1140. The Morgan fingerprint density at radius 1 is 0.420 bits per heavy atom. The predicted molar refractivity (Wildman–Crippen MR) is 294 cm³/mol. The van der Waals surface area contributed by atoms with Crippen LogP contribution in [0, 0.1) is 0 Å². The van der Waals surface area contributed by atoms with Crippen LogP contribution in [0.15, 0.2) is 12.2 Å². The molecule has 0 aromatic heterocycles. The molecule has 0 rings (SSSR count). The Morgan fingerprint density at radius 3 is 1.03 bits per heavy atom. The molecule has 0 aliphatic carbocycles. The van der Waals surface area contributed by atoms with E-state index in [0.29, 0.717) is 6.42 Å². The van der Waals surface area contributed by atoms with E-state index in [1.165, 1.54) is 257 Å². The average Bonchev–Trinajstić information content (AvgIpc) is 3.34. The standard InChI is InChI=1S/C59H116NO8P/c1-3-5-7-9-11-13-15-17-19-21-23-24-25-26-27-28-29-30-31-32-34-36-38-40-42-44-46-48-50-52-59(62)68-57(56-67-69(63,64)66-54-53-60)55-65-58(61)51-49-47-45-43-41-39-37-35-33-22-20-18-16-14-12-10-8-6-4-2/h21,23,57H,3-20,22,24-56,60H2,1-2H3,(H,63,64)/b23-21-. The Hall–Kier alpha value is -1.25. The van der Waals surface area contributed by atoms with Gasteiger partial charge in [0.05, 0.1) is 13.2 Å². The highest BCUT2D eigenvalue weighted by molar-refractivity contribution is 7.47. The monoisotopic (exact) mass is 998 g/mol. The number of carbonyl (C=O) groups is 2. The largest absolute Gasteiger partial charge is 0.472 e. The lowest BCUT2D eigenvalue weighted by molar-refractivity contribution is -0.161. The number of phosphoric ester groups is 1. The molecule has 0 radical (unpaired) electrons. The molecule has 0 aromatic rings. The zero-order chi connectivity index (χ0) is 50.2. The summed E-state index contributed by atoms with van der Waals surface area (Å²) >= 11 is 0. The highest BCUT2D eigenvalue weighted by Gasteiger charge is 2.26. The molecular weight excluding hydrogens is 882 g/mol. The summed E-state index contributed by atoms with van der Waals surface area (Å²) in [4.78, 5) is 35.2. The number of esters is 2. The van der Waals surface area contributed by atoms with Gasteiger partial charge in [0, 0.05) is 19.4 Å². The second-order valence-corrected chi connectivity index (χ2v) is 22.0. The first-order chi connectivity index (χ1) is 33.8. The smallest absolute Gasteiger partial charge is 0.462 e. The van der Waals surface area contributed by atoms with E-state index in [-0.39, 0.29) is 38.6 Å². The van der Waals surface area contributed by atoms with E-state index in [4.69, 9.17) is 24.3 Å². The molecule has 3 N–H and O–H groups in total. The van der Waals surface area contributed by atoms with Crippen molar-refractivity contribution in [3.8, 4) is 0 Å². The van der Waals surface area contributed by atoms with E-state index >= 15 is 0 Å². The molecule has 0 fully saturated rings. The van der Waals surface area contributed by atoms with Crippen LogP contribution in [0.2, 0.25) is 0 Å². The van der Waals surface area contributed by atoms with Crippen LogP contribution >= 0.6 is 7.82 Å². The molecule has 10 heteroatoms. The maximum Gasteiger partial charge on any atom is 0.472 e. The first kappa shape index (κ1) is 67.8. The second kappa shape index (κ2) is 56.1. The van der Waals surface area contributed by atoms with Gasteiger partial charge in [-0.25, -0.2) is 4.57 Å². The Balaban J connectivity index is 3.87. The van der Waals surface area contributed by atoms with Gasteiger partial charge in [-0.2, -0.15) is 0 Å². The number of hydrogen-bond donors (Lipinski definition) is 2. The molecule has 2 unspecified atom stereocenters. The molecule has 0 spiro atoms. The van der Waals surface area contributed by atoms with Gasteiger partial charge in [-0.15, -0.1) is 0 Å². The molecule has 0 heterocycles. The molecule has 0 saturated heterocycles. The Morgan fingerprint density at radius 2 is 0.710 bits per heavy atom. The third-order valence-electron chi connectivity index (χ3n) is 13.7. The summed E-state index contributed by atoms with van der Waals surface area (Å²) in [7, 11) is -4.38. The van der Waals surface area contributed by atoms with Crippen LogP contribution in [0.1, 0.15) is 322 Å². The summed E-state index contributed by atoms with van der Waals surface area (Å²) in [6, 6.07) is 0. The van der Waals surface area contributed by atoms with E-state index in [1.54, 1.807) is 0 Å². The zero-order valence-corrected chi connectivity index (χ0v) is 46.7. The maximum absolute atomic E-state index is 12.7. The number of carbonyl (C=O) groups excluding carboxylic acids is 2. The molecule has 2 atom stereocenters. The van der Waals surface area contributed by atoms with Gasteiger partial charge in [0.1, 0.15) is 6.61 Å². The molecule has 9 nitrogen and oxygen atoms in total. The third kappa shape index (κ3) is 55.9. The lowest BCUT2D eigenvalue weighted by Gasteiger charge is -2.19. The third-order valence-corrected chi connectivity index (χ3v) is 14.6. The van der Waals surface area contributed by atoms with Gasteiger partial charge in [-0.05, 0) is 38.5 Å². The lowest BCUT2D eigenvalue weighted by atomic mass is 10.0. The van der Waals surface area contributed by atoms with Crippen LogP contribution in [0.4, 0.5) is 0 Å². The SMILES string of the molecule is CCCCCCCCCC/C=C\CCCCCCCCCCCCCCCCCCCC(=O)OC(COC(=O)CCCCCCCCCCCCCCCCCCCCC)COP(=O)(O)OCCN. The van der Waals surface area contributed by atoms with Crippen molar-refractivity contribution in [3.63, 3.8) is 0 Å². The van der Waals surface area contributed by atoms with Gasteiger partial charge in [-0.3, -0.25) is 18.6 Å². The van der Waals surface area contributed by atoms with Crippen LogP contribution in [-0.2, 0) is 32.7 Å². The first-order valence-corrected chi connectivity index (χ1v) is 31.7. The number of allylic oxidation sites excluding steroid dienone is 2. The van der Waals surface area contributed by atoms with Crippen LogP contribution < -0.4 is 5.73 Å². The van der Waals surface area contributed by atoms with Crippen molar-refractivity contribution in [2.45, 2.75) is 328 Å². The molecule has 0 aliphatic heterocycles. The molecule has 410 valence electrons. The van der Waals surface area contributed by atoms with Gasteiger partial charge in [0.25, 0.3) is 0 Å². The van der Waals surface area contributed by atoms with E-state index in [9.17, 15) is 19.0 Å². The van der Waals surface area contributed by atoms with Crippen LogP contribution in [-0.4, -0.2) is 49.3 Å². The molecule has 0 aromatic carbocycles. The van der Waals surface area contributed by atoms with Gasteiger partial charge in [0.2, 0.25) is 0 Å². The van der Waals surface area contributed by atoms with E-state index in [0.717, 1.165) is 32.1 Å². The summed E-state index contributed by atoms with van der Waals surface area (Å²) < 4.78 is 33.1. The highest BCUT2D eigenvalue weighted by atomic mass is 31.2.